The maximum absolute atomic E-state index is 2.33. The summed E-state index contributed by atoms with van der Waals surface area (Å²) in [5, 5.41) is 1.35. The highest BCUT2D eigenvalue weighted by molar-refractivity contribution is 5.83. The van der Waals surface area contributed by atoms with Gasteiger partial charge in [0.05, 0.1) is 5.52 Å². The van der Waals surface area contributed by atoms with Crippen molar-refractivity contribution in [3.05, 3.63) is 47.7 Å². The number of nitrogens with zero attached hydrogens (tertiary/aromatic N) is 1. The van der Waals surface area contributed by atoms with Crippen molar-refractivity contribution in [2.75, 3.05) is 0 Å². The SMILES string of the molecule is CCc1cccc2ccn(CC=C(C)C)c12. The van der Waals surface area contributed by atoms with E-state index >= 15 is 0 Å². The van der Waals surface area contributed by atoms with Gasteiger partial charge in [0, 0.05) is 12.7 Å². The van der Waals surface area contributed by atoms with Crippen LogP contribution in [0.3, 0.4) is 0 Å². The summed E-state index contributed by atoms with van der Waals surface area (Å²) in [6.45, 7) is 7.48. The predicted octanol–water partition coefficient (Wildman–Crippen LogP) is 4.17. The lowest BCUT2D eigenvalue weighted by molar-refractivity contribution is 0.850. The first-order valence-electron chi connectivity index (χ1n) is 5.92. The molecular weight excluding hydrogens is 194 g/mol. The number of allylic oxidation sites excluding steroid dienone is 2. The zero-order valence-corrected chi connectivity index (χ0v) is 10.3. The summed E-state index contributed by atoms with van der Waals surface area (Å²) in [5.74, 6) is 0. The molecule has 2 rings (SSSR count). The summed E-state index contributed by atoms with van der Waals surface area (Å²) >= 11 is 0. The van der Waals surface area contributed by atoms with Crippen molar-refractivity contribution in [2.24, 2.45) is 0 Å². The number of rotatable bonds is 3. The van der Waals surface area contributed by atoms with Crippen LogP contribution in [0, 0.1) is 0 Å². The summed E-state index contributed by atoms with van der Waals surface area (Å²) in [7, 11) is 0. The Bertz CT molecular complexity index is 513. The van der Waals surface area contributed by atoms with Crippen molar-refractivity contribution in [2.45, 2.75) is 33.7 Å². The summed E-state index contributed by atoms with van der Waals surface area (Å²) in [6.07, 6.45) is 5.55. The number of aromatic nitrogens is 1. The van der Waals surface area contributed by atoms with E-state index in [1.165, 1.54) is 22.0 Å². The second-order valence-corrected chi connectivity index (χ2v) is 4.46. The highest BCUT2D eigenvalue weighted by Gasteiger charge is 2.03. The van der Waals surface area contributed by atoms with Crippen molar-refractivity contribution in [3.63, 3.8) is 0 Å². The first kappa shape index (κ1) is 11.0. The quantitative estimate of drug-likeness (QED) is 0.674. The molecule has 84 valence electrons. The van der Waals surface area contributed by atoms with Gasteiger partial charge in [0.1, 0.15) is 0 Å². The van der Waals surface area contributed by atoms with Crippen LogP contribution in [0.1, 0.15) is 26.3 Å². The van der Waals surface area contributed by atoms with Gasteiger partial charge in [0.2, 0.25) is 0 Å². The Kier molecular flexibility index (Phi) is 3.14. The van der Waals surface area contributed by atoms with Crippen LogP contribution in [-0.2, 0) is 13.0 Å². The topological polar surface area (TPSA) is 4.93 Å². The van der Waals surface area contributed by atoms with E-state index in [1.807, 2.05) is 0 Å². The number of para-hydroxylation sites is 1. The molecule has 0 amide bonds. The molecule has 0 N–H and O–H groups in total. The van der Waals surface area contributed by atoms with E-state index in [0.717, 1.165) is 13.0 Å². The van der Waals surface area contributed by atoms with Gasteiger partial charge in [-0.05, 0) is 37.3 Å². The lowest BCUT2D eigenvalue weighted by Gasteiger charge is -2.06. The molecule has 1 heteroatoms. The van der Waals surface area contributed by atoms with Crippen LogP contribution in [0.4, 0.5) is 0 Å². The molecule has 0 aliphatic rings. The first-order valence-corrected chi connectivity index (χ1v) is 5.92. The van der Waals surface area contributed by atoms with Gasteiger partial charge in [-0.1, -0.05) is 36.8 Å². The third-order valence-electron chi connectivity index (χ3n) is 2.95. The molecule has 1 heterocycles. The number of hydrogen-bond acceptors (Lipinski definition) is 0. The fourth-order valence-corrected chi connectivity index (χ4v) is 2.06. The maximum atomic E-state index is 2.33. The molecule has 1 aromatic carbocycles. The van der Waals surface area contributed by atoms with E-state index in [0.29, 0.717) is 0 Å². The van der Waals surface area contributed by atoms with E-state index in [1.54, 1.807) is 0 Å². The molecule has 0 aliphatic heterocycles. The fourth-order valence-electron chi connectivity index (χ4n) is 2.06. The van der Waals surface area contributed by atoms with Gasteiger partial charge in [-0.15, -0.1) is 0 Å². The molecule has 0 radical (unpaired) electrons. The Labute approximate surface area is 97.4 Å². The van der Waals surface area contributed by atoms with Gasteiger partial charge in [-0.2, -0.15) is 0 Å². The Balaban J connectivity index is 2.49. The Morgan fingerprint density at radius 2 is 2.06 bits per heavy atom. The third kappa shape index (κ3) is 2.04. The summed E-state index contributed by atoms with van der Waals surface area (Å²) in [4.78, 5) is 0. The molecular formula is C15H19N. The standard InChI is InChI=1S/C15H19N/c1-4-13-6-5-7-14-9-11-16(15(13)14)10-8-12(2)3/h5-9,11H,4,10H2,1-3H3. The molecule has 1 nitrogen and oxygen atoms in total. The van der Waals surface area contributed by atoms with Gasteiger partial charge in [-0.25, -0.2) is 0 Å². The van der Waals surface area contributed by atoms with Crippen molar-refractivity contribution in [3.8, 4) is 0 Å². The summed E-state index contributed by atoms with van der Waals surface area (Å²) < 4.78 is 2.33. The van der Waals surface area contributed by atoms with E-state index in [4.69, 9.17) is 0 Å². The molecule has 1 aromatic heterocycles. The molecule has 0 bridgehead atoms. The van der Waals surface area contributed by atoms with E-state index in [-0.39, 0.29) is 0 Å². The Morgan fingerprint density at radius 3 is 2.75 bits per heavy atom. The van der Waals surface area contributed by atoms with Gasteiger partial charge in [0.15, 0.2) is 0 Å². The summed E-state index contributed by atoms with van der Waals surface area (Å²) in [5.41, 5.74) is 4.20. The minimum Gasteiger partial charge on any atom is -0.343 e. The normalized spacial score (nSPS) is 10.7. The van der Waals surface area contributed by atoms with Crippen molar-refractivity contribution in [1.29, 1.82) is 0 Å². The number of hydrogen-bond donors (Lipinski definition) is 0. The van der Waals surface area contributed by atoms with Crippen molar-refractivity contribution in [1.82, 2.24) is 4.57 Å². The lowest BCUT2D eigenvalue weighted by atomic mass is 10.1. The van der Waals surface area contributed by atoms with Crippen LogP contribution in [0.5, 0.6) is 0 Å². The van der Waals surface area contributed by atoms with Gasteiger partial charge < -0.3 is 4.57 Å². The highest BCUT2D eigenvalue weighted by Crippen LogP contribution is 2.21. The molecule has 0 fully saturated rings. The molecule has 2 aromatic rings. The van der Waals surface area contributed by atoms with E-state index in [9.17, 15) is 0 Å². The Morgan fingerprint density at radius 1 is 1.25 bits per heavy atom. The smallest absolute Gasteiger partial charge is 0.0515 e. The van der Waals surface area contributed by atoms with Crippen LogP contribution in [0.25, 0.3) is 10.9 Å². The number of benzene rings is 1. The monoisotopic (exact) mass is 213 g/mol. The Hall–Kier alpha value is -1.50. The van der Waals surface area contributed by atoms with Crippen LogP contribution < -0.4 is 0 Å². The van der Waals surface area contributed by atoms with Crippen molar-refractivity contribution >= 4 is 10.9 Å². The average molecular weight is 213 g/mol. The summed E-state index contributed by atoms with van der Waals surface area (Å²) in [6, 6.07) is 8.76. The molecule has 0 spiro atoms. The molecule has 0 saturated heterocycles. The average Bonchev–Trinajstić information content (AvgIpc) is 2.69. The number of aryl methyl sites for hydroxylation is 1. The second kappa shape index (κ2) is 4.56. The first-order chi connectivity index (χ1) is 7.72. The zero-order chi connectivity index (χ0) is 11.5. The van der Waals surface area contributed by atoms with Gasteiger partial charge >= 0.3 is 0 Å². The lowest BCUT2D eigenvalue weighted by Crippen LogP contribution is -1.96. The van der Waals surface area contributed by atoms with Gasteiger partial charge in [-0.3, -0.25) is 0 Å². The van der Waals surface area contributed by atoms with Crippen LogP contribution in [0.15, 0.2) is 42.1 Å². The second-order valence-electron chi connectivity index (χ2n) is 4.46. The highest BCUT2D eigenvalue weighted by atomic mass is 14.9. The van der Waals surface area contributed by atoms with Crippen LogP contribution in [0.2, 0.25) is 0 Å². The van der Waals surface area contributed by atoms with Crippen molar-refractivity contribution < 1.29 is 0 Å². The van der Waals surface area contributed by atoms with Crippen LogP contribution >= 0.6 is 0 Å². The minimum absolute atomic E-state index is 0.975. The van der Waals surface area contributed by atoms with Crippen LogP contribution in [-0.4, -0.2) is 4.57 Å². The van der Waals surface area contributed by atoms with Gasteiger partial charge in [0.25, 0.3) is 0 Å². The molecule has 0 aliphatic carbocycles. The van der Waals surface area contributed by atoms with E-state index in [2.05, 4.69) is 61.9 Å². The predicted molar refractivity (Wildman–Crippen MR) is 70.7 cm³/mol. The number of fused-ring (bicyclic) bond motifs is 1. The molecule has 0 atom stereocenters. The van der Waals surface area contributed by atoms with E-state index < -0.39 is 0 Å². The largest absolute Gasteiger partial charge is 0.343 e. The fraction of sp³-hybridized carbons (Fsp3) is 0.333. The third-order valence-corrected chi connectivity index (χ3v) is 2.95. The molecule has 16 heavy (non-hydrogen) atoms. The minimum atomic E-state index is 0.975. The zero-order valence-electron chi connectivity index (χ0n) is 10.3. The molecule has 0 saturated carbocycles. The maximum Gasteiger partial charge on any atom is 0.0515 e. The molecule has 0 unspecified atom stereocenters.